The normalized spacial score (nSPS) is 11.2. The Morgan fingerprint density at radius 3 is 2.68 bits per heavy atom. The lowest BCUT2D eigenvalue weighted by atomic mass is 10.2. The van der Waals surface area contributed by atoms with E-state index in [9.17, 15) is 4.39 Å². The van der Waals surface area contributed by atoms with Gasteiger partial charge in [-0.15, -0.1) is 11.3 Å². The van der Waals surface area contributed by atoms with Gasteiger partial charge in [0.15, 0.2) is 0 Å². The van der Waals surface area contributed by atoms with Crippen molar-refractivity contribution in [2.75, 3.05) is 14.1 Å². The predicted octanol–water partition coefficient (Wildman–Crippen LogP) is 2.63. The molecule has 0 fully saturated rings. The molecule has 0 aliphatic carbocycles. The Morgan fingerprint density at radius 1 is 1.26 bits per heavy atom. The number of rotatable bonds is 6. The highest BCUT2D eigenvalue weighted by Crippen LogP contribution is 2.13. The summed E-state index contributed by atoms with van der Waals surface area (Å²) in [5, 5.41) is 6.29. The maximum absolute atomic E-state index is 12.8. The van der Waals surface area contributed by atoms with E-state index in [4.69, 9.17) is 0 Å². The van der Waals surface area contributed by atoms with Crippen molar-refractivity contribution >= 4 is 11.3 Å². The lowest BCUT2D eigenvalue weighted by Gasteiger charge is -2.15. The fourth-order valence-corrected chi connectivity index (χ4v) is 2.68. The Labute approximate surface area is 117 Å². The number of nitrogens with zero attached hydrogens (tertiary/aromatic N) is 2. The van der Waals surface area contributed by atoms with Crippen LogP contribution in [0, 0.1) is 5.82 Å². The lowest BCUT2D eigenvalue weighted by Crippen LogP contribution is -2.17. The molecule has 0 aliphatic heterocycles. The average Bonchev–Trinajstić information content (AvgIpc) is 2.80. The zero-order chi connectivity index (χ0) is 13.7. The van der Waals surface area contributed by atoms with Crippen LogP contribution in [0.4, 0.5) is 4.39 Å². The fourth-order valence-electron chi connectivity index (χ4n) is 1.89. The van der Waals surface area contributed by atoms with Crippen molar-refractivity contribution in [2.45, 2.75) is 19.6 Å². The largest absolute Gasteiger partial charge is 0.314 e. The Morgan fingerprint density at radius 2 is 2.00 bits per heavy atom. The van der Waals surface area contributed by atoms with Crippen LogP contribution in [0.15, 0.2) is 29.6 Å². The van der Waals surface area contributed by atoms with Crippen LogP contribution in [0.2, 0.25) is 0 Å². The van der Waals surface area contributed by atoms with Crippen molar-refractivity contribution in [3.8, 4) is 0 Å². The van der Waals surface area contributed by atoms with Crippen LogP contribution in [0.1, 0.15) is 16.3 Å². The standard InChI is InChI=1S/C14H18FN3S/c1-16-7-14-17-13(10-19-14)9-18(2)8-11-3-5-12(15)6-4-11/h3-6,10,16H,7-9H2,1-2H3. The number of benzene rings is 1. The number of nitrogens with one attached hydrogen (secondary N) is 1. The van der Waals surface area contributed by atoms with E-state index in [0.29, 0.717) is 0 Å². The van der Waals surface area contributed by atoms with Crippen molar-refractivity contribution in [3.05, 3.63) is 51.7 Å². The maximum Gasteiger partial charge on any atom is 0.123 e. The van der Waals surface area contributed by atoms with Gasteiger partial charge in [0.25, 0.3) is 0 Å². The van der Waals surface area contributed by atoms with Crippen LogP contribution >= 0.6 is 11.3 Å². The minimum atomic E-state index is -0.192. The Bertz CT molecular complexity index is 510. The van der Waals surface area contributed by atoms with Crippen molar-refractivity contribution in [1.29, 1.82) is 0 Å². The van der Waals surface area contributed by atoms with E-state index in [1.807, 2.05) is 26.2 Å². The van der Waals surface area contributed by atoms with Gasteiger partial charge >= 0.3 is 0 Å². The van der Waals surface area contributed by atoms with Crippen molar-refractivity contribution in [1.82, 2.24) is 15.2 Å². The number of thiazole rings is 1. The molecule has 2 rings (SSSR count). The average molecular weight is 279 g/mol. The molecule has 0 bridgehead atoms. The molecule has 0 unspecified atom stereocenters. The van der Waals surface area contributed by atoms with E-state index in [1.165, 1.54) is 12.1 Å². The van der Waals surface area contributed by atoms with Crippen LogP contribution in [0.3, 0.4) is 0 Å². The van der Waals surface area contributed by atoms with E-state index in [2.05, 4.69) is 20.6 Å². The summed E-state index contributed by atoms with van der Waals surface area (Å²) in [6, 6.07) is 6.63. The summed E-state index contributed by atoms with van der Waals surface area (Å²) < 4.78 is 12.8. The van der Waals surface area contributed by atoms with Crippen LogP contribution in [0.5, 0.6) is 0 Å². The second-order valence-corrected chi connectivity index (χ2v) is 5.50. The van der Waals surface area contributed by atoms with Gasteiger partial charge < -0.3 is 5.32 Å². The van der Waals surface area contributed by atoms with Crippen molar-refractivity contribution < 1.29 is 4.39 Å². The summed E-state index contributed by atoms with van der Waals surface area (Å²) in [5.74, 6) is -0.192. The highest BCUT2D eigenvalue weighted by atomic mass is 32.1. The summed E-state index contributed by atoms with van der Waals surface area (Å²) >= 11 is 1.67. The van der Waals surface area contributed by atoms with E-state index in [1.54, 1.807) is 11.3 Å². The topological polar surface area (TPSA) is 28.2 Å². The van der Waals surface area contributed by atoms with Crippen LogP contribution in [-0.2, 0) is 19.6 Å². The molecule has 2 aromatic rings. The number of hydrogen-bond donors (Lipinski definition) is 1. The first-order valence-corrected chi connectivity index (χ1v) is 7.06. The molecular weight excluding hydrogens is 261 g/mol. The molecule has 0 saturated carbocycles. The second-order valence-electron chi connectivity index (χ2n) is 4.56. The van der Waals surface area contributed by atoms with Gasteiger partial charge in [-0.05, 0) is 31.8 Å². The molecule has 0 saturated heterocycles. The highest BCUT2D eigenvalue weighted by molar-refractivity contribution is 7.09. The van der Waals surface area contributed by atoms with Crippen molar-refractivity contribution in [2.24, 2.45) is 0 Å². The minimum absolute atomic E-state index is 0.192. The molecule has 0 aliphatic rings. The molecular formula is C14H18FN3S. The summed E-state index contributed by atoms with van der Waals surface area (Å²) in [4.78, 5) is 6.72. The van der Waals surface area contributed by atoms with Gasteiger partial charge in [0, 0.05) is 25.0 Å². The van der Waals surface area contributed by atoms with Crippen LogP contribution < -0.4 is 5.32 Å². The Balaban J connectivity index is 1.89. The molecule has 1 heterocycles. The Kier molecular flexibility index (Phi) is 5.01. The monoisotopic (exact) mass is 279 g/mol. The molecule has 0 amide bonds. The zero-order valence-electron chi connectivity index (χ0n) is 11.2. The molecule has 19 heavy (non-hydrogen) atoms. The first kappa shape index (κ1) is 14.1. The zero-order valence-corrected chi connectivity index (χ0v) is 12.0. The summed E-state index contributed by atoms with van der Waals surface area (Å²) in [5.41, 5.74) is 2.19. The number of hydrogen-bond acceptors (Lipinski definition) is 4. The smallest absolute Gasteiger partial charge is 0.123 e. The van der Waals surface area contributed by atoms with Gasteiger partial charge in [0.1, 0.15) is 10.8 Å². The van der Waals surface area contributed by atoms with Gasteiger partial charge in [-0.1, -0.05) is 12.1 Å². The predicted molar refractivity (Wildman–Crippen MR) is 76.4 cm³/mol. The molecule has 0 radical (unpaired) electrons. The van der Waals surface area contributed by atoms with E-state index in [0.717, 1.165) is 35.9 Å². The van der Waals surface area contributed by atoms with Gasteiger partial charge in [0.2, 0.25) is 0 Å². The van der Waals surface area contributed by atoms with Crippen molar-refractivity contribution in [3.63, 3.8) is 0 Å². The molecule has 3 nitrogen and oxygen atoms in total. The van der Waals surface area contributed by atoms with Crippen LogP contribution in [-0.4, -0.2) is 24.0 Å². The summed E-state index contributed by atoms with van der Waals surface area (Å²) in [7, 11) is 3.96. The van der Waals surface area contributed by atoms with Gasteiger partial charge in [-0.2, -0.15) is 0 Å². The maximum atomic E-state index is 12.8. The SMILES string of the molecule is CNCc1nc(CN(C)Cc2ccc(F)cc2)cs1. The highest BCUT2D eigenvalue weighted by Gasteiger charge is 2.06. The Hall–Kier alpha value is -1.30. The van der Waals surface area contributed by atoms with Gasteiger partial charge in [-0.3, -0.25) is 4.90 Å². The first-order chi connectivity index (χ1) is 9.17. The molecule has 0 spiro atoms. The summed E-state index contributed by atoms with van der Waals surface area (Å²) in [6.45, 7) is 2.41. The molecule has 5 heteroatoms. The molecule has 1 N–H and O–H groups in total. The van der Waals surface area contributed by atoms with Crippen LogP contribution in [0.25, 0.3) is 0 Å². The quantitative estimate of drug-likeness (QED) is 0.881. The molecule has 0 atom stereocenters. The first-order valence-electron chi connectivity index (χ1n) is 6.18. The number of aromatic nitrogens is 1. The van der Waals surface area contributed by atoms with Gasteiger partial charge in [-0.25, -0.2) is 9.37 Å². The third-order valence-electron chi connectivity index (χ3n) is 2.72. The van der Waals surface area contributed by atoms with E-state index >= 15 is 0 Å². The van der Waals surface area contributed by atoms with Gasteiger partial charge in [0.05, 0.1) is 5.69 Å². The fraction of sp³-hybridized carbons (Fsp3) is 0.357. The van der Waals surface area contributed by atoms with E-state index in [-0.39, 0.29) is 5.82 Å². The van der Waals surface area contributed by atoms with E-state index < -0.39 is 0 Å². The number of halogens is 1. The molecule has 1 aromatic carbocycles. The molecule has 1 aromatic heterocycles. The minimum Gasteiger partial charge on any atom is -0.314 e. The summed E-state index contributed by atoms with van der Waals surface area (Å²) in [6.07, 6.45) is 0. The third kappa shape index (κ3) is 4.38. The third-order valence-corrected chi connectivity index (χ3v) is 3.62. The second kappa shape index (κ2) is 6.75. The lowest BCUT2D eigenvalue weighted by molar-refractivity contribution is 0.315. The molecule has 102 valence electrons.